The fourth-order valence-electron chi connectivity index (χ4n) is 2.86. The quantitative estimate of drug-likeness (QED) is 0.795. The molecule has 1 aromatic carbocycles. The number of nitrogens with zero attached hydrogens (tertiary/aromatic N) is 4. The average Bonchev–Trinajstić information content (AvgIpc) is 3.01. The molecule has 1 unspecified atom stereocenters. The summed E-state index contributed by atoms with van der Waals surface area (Å²) in [6, 6.07) is 11.4. The molecule has 0 bridgehead atoms. The summed E-state index contributed by atoms with van der Waals surface area (Å²) in [4.78, 5) is 21.3. The zero-order valence-electron chi connectivity index (χ0n) is 14.8. The molecule has 1 amide bonds. The van der Waals surface area contributed by atoms with Gasteiger partial charge in [-0.15, -0.1) is 0 Å². The highest BCUT2D eigenvalue weighted by molar-refractivity contribution is 5.95. The van der Waals surface area contributed by atoms with E-state index in [0.29, 0.717) is 11.4 Å². The molecular formula is C19H21N5O. The Bertz CT molecular complexity index is 916. The molecule has 128 valence electrons. The minimum atomic E-state index is -0.230. The number of pyridine rings is 1. The summed E-state index contributed by atoms with van der Waals surface area (Å²) in [5.41, 5.74) is 4.54. The van der Waals surface area contributed by atoms with Crippen LogP contribution in [0.2, 0.25) is 0 Å². The van der Waals surface area contributed by atoms with Crippen LogP contribution in [0.25, 0.3) is 11.1 Å². The second-order valence-electron chi connectivity index (χ2n) is 6.10. The van der Waals surface area contributed by atoms with E-state index in [1.807, 2.05) is 51.1 Å². The minimum Gasteiger partial charge on any atom is -0.342 e. The molecule has 3 aromatic rings. The Morgan fingerprint density at radius 3 is 2.68 bits per heavy atom. The SMILES string of the molecule is Cc1ccc(-c2cccc(C(=O)NC(C)c3ncnn3C)c2)c(C)n1. The molecule has 0 fully saturated rings. The number of hydrogen-bond acceptors (Lipinski definition) is 4. The zero-order valence-corrected chi connectivity index (χ0v) is 14.8. The highest BCUT2D eigenvalue weighted by Crippen LogP contribution is 2.23. The van der Waals surface area contributed by atoms with E-state index in [9.17, 15) is 4.79 Å². The van der Waals surface area contributed by atoms with Gasteiger partial charge >= 0.3 is 0 Å². The number of aryl methyl sites for hydroxylation is 3. The van der Waals surface area contributed by atoms with Gasteiger partial charge < -0.3 is 5.32 Å². The van der Waals surface area contributed by atoms with Crippen molar-refractivity contribution in [2.45, 2.75) is 26.8 Å². The predicted octanol–water partition coefficient (Wildman–Crippen LogP) is 2.98. The van der Waals surface area contributed by atoms with Crippen molar-refractivity contribution >= 4 is 5.91 Å². The van der Waals surface area contributed by atoms with Crippen LogP contribution in [0.1, 0.15) is 40.5 Å². The van der Waals surface area contributed by atoms with Crippen LogP contribution in [0.3, 0.4) is 0 Å². The first-order valence-electron chi connectivity index (χ1n) is 8.15. The number of nitrogens with one attached hydrogen (secondary N) is 1. The normalized spacial score (nSPS) is 12.0. The van der Waals surface area contributed by atoms with E-state index in [-0.39, 0.29) is 11.9 Å². The molecule has 0 aliphatic carbocycles. The van der Waals surface area contributed by atoms with Gasteiger partial charge in [-0.25, -0.2) is 4.98 Å². The third kappa shape index (κ3) is 3.57. The van der Waals surface area contributed by atoms with Gasteiger partial charge in [0.25, 0.3) is 5.91 Å². The average molecular weight is 335 g/mol. The molecule has 3 rings (SSSR count). The van der Waals surface area contributed by atoms with E-state index < -0.39 is 0 Å². The zero-order chi connectivity index (χ0) is 18.0. The maximum atomic E-state index is 12.6. The summed E-state index contributed by atoms with van der Waals surface area (Å²) in [5.74, 6) is 0.568. The lowest BCUT2D eigenvalue weighted by Crippen LogP contribution is -2.28. The maximum Gasteiger partial charge on any atom is 0.251 e. The Morgan fingerprint density at radius 1 is 1.20 bits per heavy atom. The second-order valence-corrected chi connectivity index (χ2v) is 6.10. The van der Waals surface area contributed by atoms with Crippen molar-refractivity contribution < 1.29 is 4.79 Å². The summed E-state index contributed by atoms with van der Waals surface area (Å²) in [6.45, 7) is 5.83. The molecule has 25 heavy (non-hydrogen) atoms. The van der Waals surface area contributed by atoms with Crippen molar-refractivity contribution in [1.29, 1.82) is 0 Å². The number of benzene rings is 1. The standard InChI is InChI=1S/C19H21N5O/c1-12-8-9-17(13(2)22-12)15-6-5-7-16(10-15)19(25)23-14(3)18-20-11-21-24(18)4/h5-11,14H,1-4H3,(H,23,25). The second kappa shape index (κ2) is 6.84. The topological polar surface area (TPSA) is 72.7 Å². The van der Waals surface area contributed by atoms with Crippen LogP contribution >= 0.6 is 0 Å². The van der Waals surface area contributed by atoms with Crippen molar-refractivity contribution in [3.8, 4) is 11.1 Å². The molecule has 0 aliphatic rings. The molecule has 0 spiro atoms. The number of carbonyl (C=O) groups is 1. The number of amides is 1. The lowest BCUT2D eigenvalue weighted by atomic mass is 10.0. The lowest BCUT2D eigenvalue weighted by molar-refractivity contribution is 0.0937. The van der Waals surface area contributed by atoms with E-state index >= 15 is 0 Å². The smallest absolute Gasteiger partial charge is 0.251 e. The predicted molar refractivity (Wildman–Crippen MR) is 96.0 cm³/mol. The van der Waals surface area contributed by atoms with Gasteiger partial charge in [0.1, 0.15) is 12.2 Å². The Hall–Kier alpha value is -3.02. The van der Waals surface area contributed by atoms with Gasteiger partial charge in [0.2, 0.25) is 0 Å². The Balaban J connectivity index is 1.83. The van der Waals surface area contributed by atoms with Crippen LogP contribution < -0.4 is 5.32 Å². The molecule has 0 aliphatic heterocycles. The summed E-state index contributed by atoms with van der Waals surface area (Å²) >= 11 is 0. The molecule has 0 radical (unpaired) electrons. The Morgan fingerprint density at radius 2 is 2.00 bits per heavy atom. The van der Waals surface area contributed by atoms with E-state index in [4.69, 9.17) is 0 Å². The molecule has 6 heteroatoms. The fraction of sp³-hybridized carbons (Fsp3) is 0.263. The number of aromatic nitrogens is 4. The van der Waals surface area contributed by atoms with Crippen molar-refractivity contribution in [1.82, 2.24) is 25.1 Å². The van der Waals surface area contributed by atoms with Gasteiger partial charge in [-0.05, 0) is 44.5 Å². The molecule has 1 atom stereocenters. The summed E-state index contributed by atoms with van der Waals surface area (Å²) in [6.07, 6.45) is 1.48. The van der Waals surface area contributed by atoms with Crippen LogP contribution in [0.15, 0.2) is 42.7 Å². The fourth-order valence-corrected chi connectivity index (χ4v) is 2.86. The van der Waals surface area contributed by atoms with Crippen LogP contribution in [0, 0.1) is 13.8 Å². The monoisotopic (exact) mass is 335 g/mol. The van der Waals surface area contributed by atoms with Gasteiger partial charge in [0.05, 0.1) is 6.04 Å². The van der Waals surface area contributed by atoms with Crippen LogP contribution in [-0.4, -0.2) is 25.7 Å². The Labute approximate surface area is 146 Å². The van der Waals surface area contributed by atoms with Crippen molar-refractivity contribution in [2.24, 2.45) is 7.05 Å². The Kier molecular flexibility index (Phi) is 4.61. The molecular weight excluding hydrogens is 314 g/mol. The summed E-state index contributed by atoms with van der Waals surface area (Å²) in [5, 5.41) is 7.00. The first-order chi connectivity index (χ1) is 12.0. The highest BCUT2D eigenvalue weighted by Gasteiger charge is 2.16. The molecule has 2 aromatic heterocycles. The van der Waals surface area contributed by atoms with E-state index in [0.717, 1.165) is 22.5 Å². The first-order valence-corrected chi connectivity index (χ1v) is 8.15. The van der Waals surface area contributed by atoms with Crippen molar-refractivity contribution in [3.63, 3.8) is 0 Å². The largest absolute Gasteiger partial charge is 0.342 e. The van der Waals surface area contributed by atoms with Crippen molar-refractivity contribution in [3.05, 3.63) is 65.5 Å². The third-order valence-corrected chi connectivity index (χ3v) is 4.14. The van der Waals surface area contributed by atoms with Gasteiger partial charge in [-0.3, -0.25) is 14.5 Å². The van der Waals surface area contributed by atoms with Crippen LogP contribution in [-0.2, 0) is 7.05 Å². The summed E-state index contributed by atoms with van der Waals surface area (Å²) in [7, 11) is 1.80. The highest BCUT2D eigenvalue weighted by atomic mass is 16.1. The molecule has 0 saturated heterocycles. The molecule has 6 nitrogen and oxygen atoms in total. The molecule has 0 saturated carbocycles. The minimum absolute atomic E-state index is 0.143. The molecule has 1 N–H and O–H groups in total. The van der Waals surface area contributed by atoms with Gasteiger partial charge in [0, 0.05) is 29.6 Å². The lowest BCUT2D eigenvalue weighted by Gasteiger charge is -2.14. The molecule has 2 heterocycles. The van der Waals surface area contributed by atoms with Crippen LogP contribution in [0.5, 0.6) is 0 Å². The van der Waals surface area contributed by atoms with E-state index in [1.165, 1.54) is 6.33 Å². The summed E-state index contributed by atoms with van der Waals surface area (Å²) < 4.78 is 1.66. The number of carbonyl (C=O) groups excluding carboxylic acids is 1. The van der Waals surface area contributed by atoms with E-state index in [2.05, 4.69) is 20.4 Å². The number of rotatable bonds is 4. The van der Waals surface area contributed by atoms with Crippen molar-refractivity contribution in [2.75, 3.05) is 0 Å². The first kappa shape index (κ1) is 16.8. The maximum absolute atomic E-state index is 12.6. The van der Waals surface area contributed by atoms with Gasteiger partial charge in [0.15, 0.2) is 0 Å². The van der Waals surface area contributed by atoms with Gasteiger partial charge in [-0.1, -0.05) is 18.2 Å². The van der Waals surface area contributed by atoms with Gasteiger partial charge in [-0.2, -0.15) is 5.10 Å². The third-order valence-electron chi connectivity index (χ3n) is 4.14. The van der Waals surface area contributed by atoms with E-state index in [1.54, 1.807) is 17.8 Å². The number of hydrogen-bond donors (Lipinski definition) is 1. The van der Waals surface area contributed by atoms with Crippen LogP contribution in [0.4, 0.5) is 0 Å².